The van der Waals surface area contributed by atoms with Crippen molar-refractivity contribution in [2.75, 3.05) is 32.7 Å². The molecular weight excluding hydrogens is 541 g/mol. The molecule has 2 aromatic heterocycles. The lowest BCUT2D eigenvalue weighted by atomic mass is 10.2. The molecule has 3 unspecified atom stereocenters. The molecule has 3 rings (SSSR count). The molecule has 11 nitrogen and oxygen atoms in total. The average molecular weight is 572 g/mol. The zero-order valence-electron chi connectivity index (χ0n) is 20.0. The number of nitrogens with two attached hydrogens (primary N) is 1. The number of halogens is 1. The van der Waals surface area contributed by atoms with Crippen molar-refractivity contribution in [1.82, 2.24) is 19.5 Å². The lowest BCUT2D eigenvalue weighted by molar-refractivity contribution is 0.0638. The van der Waals surface area contributed by atoms with E-state index < -0.39 is 13.4 Å². The summed E-state index contributed by atoms with van der Waals surface area (Å²) in [6.45, 7) is 4.66. The van der Waals surface area contributed by atoms with Crippen molar-refractivity contribution in [3.8, 4) is 6.01 Å². The standard InChI is InChI=1S/C22H31BrN5O6P/c1-4-15(2)34-35(29,30)17(14-16-8-6-5-7-9-16)32-11-10-28-20-18(25-21(28)23)19(24)26-22(27-20)33-13-12-31-3/h5-9,15,17H,4,10-14H2,1-3H3,(H,29,30)(H2,24,26,27). The Morgan fingerprint density at radius 3 is 2.60 bits per heavy atom. The van der Waals surface area contributed by atoms with Gasteiger partial charge in [-0.1, -0.05) is 37.3 Å². The number of hydrogen-bond acceptors (Lipinski definition) is 9. The molecule has 0 radical (unpaired) electrons. The summed E-state index contributed by atoms with van der Waals surface area (Å²) < 4.78 is 37.2. The summed E-state index contributed by atoms with van der Waals surface area (Å²) in [7, 11) is -2.51. The molecule has 35 heavy (non-hydrogen) atoms. The zero-order chi connectivity index (χ0) is 25.4. The number of rotatable bonds is 14. The predicted molar refractivity (Wildman–Crippen MR) is 135 cm³/mol. The van der Waals surface area contributed by atoms with E-state index in [2.05, 4.69) is 30.9 Å². The predicted octanol–water partition coefficient (Wildman–Crippen LogP) is 3.78. The third-order valence-corrected chi connectivity index (χ3v) is 7.55. The van der Waals surface area contributed by atoms with E-state index in [-0.39, 0.29) is 44.1 Å². The van der Waals surface area contributed by atoms with E-state index in [1.54, 1.807) is 18.6 Å². The van der Waals surface area contributed by atoms with E-state index in [9.17, 15) is 9.46 Å². The van der Waals surface area contributed by atoms with Gasteiger partial charge in [0.25, 0.3) is 0 Å². The van der Waals surface area contributed by atoms with Gasteiger partial charge in [0.15, 0.2) is 27.6 Å². The zero-order valence-corrected chi connectivity index (χ0v) is 22.4. The Morgan fingerprint density at radius 1 is 1.17 bits per heavy atom. The van der Waals surface area contributed by atoms with Crippen LogP contribution in [-0.2, 0) is 31.5 Å². The number of imidazole rings is 1. The van der Waals surface area contributed by atoms with E-state index >= 15 is 0 Å². The van der Waals surface area contributed by atoms with Crippen LogP contribution in [0.5, 0.6) is 6.01 Å². The molecule has 0 bridgehead atoms. The van der Waals surface area contributed by atoms with Crippen LogP contribution in [0, 0.1) is 0 Å². The molecule has 0 saturated heterocycles. The van der Waals surface area contributed by atoms with Crippen LogP contribution in [-0.4, -0.2) is 63.3 Å². The van der Waals surface area contributed by atoms with Gasteiger partial charge in [-0.05, 0) is 34.8 Å². The van der Waals surface area contributed by atoms with E-state index in [1.807, 2.05) is 37.3 Å². The minimum absolute atomic E-state index is 0.0970. The highest BCUT2D eigenvalue weighted by Gasteiger charge is 2.35. The van der Waals surface area contributed by atoms with Crippen molar-refractivity contribution in [3.05, 3.63) is 40.6 Å². The maximum Gasteiger partial charge on any atom is 0.357 e. The minimum atomic E-state index is -4.07. The summed E-state index contributed by atoms with van der Waals surface area (Å²) in [5.74, 6) is -0.869. The van der Waals surface area contributed by atoms with Crippen molar-refractivity contribution in [1.29, 1.82) is 0 Å². The van der Waals surface area contributed by atoms with Gasteiger partial charge in [-0.25, -0.2) is 4.98 Å². The van der Waals surface area contributed by atoms with E-state index in [0.29, 0.717) is 28.9 Å². The van der Waals surface area contributed by atoms with Gasteiger partial charge in [-0.3, -0.25) is 4.57 Å². The molecule has 3 aromatic rings. The highest BCUT2D eigenvalue weighted by molar-refractivity contribution is 9.10. The number of nitrogen functional groups attached to an aromatic ring is 1. The Bertz CT molecular complexity index is 1150. The number of aromatic nitrogens is 4. The maximum atomic E-state index is 13.1. The Kier molecular flexibility index (Phi) is 10.0. The third-order valence-electron chi connectivity index (χ3n) is 5.22. The minimum Gasteiger partial charge on any atom is -0.461 e. The normalized spacial score (nSPS) is 15.1. The smallest absolute Gasteiger partial charge is 0.357 e. The van der Waals surface area contributed by atoms with Crippen molar-refractivity contribution in [2.24, 2.45) is 0 Å². The number of ether oxygens (including phenoxy) is 3. The quantitative estimate of drug-likeness (QED) is 0.166. The number of fused-ring (bicyclic) bond motifs is 1. The van der Waals surface area contributed by atoms with Crippen molar-refractivity contribution < 1.29 is 28.2 Å². The summed E-state index contributed by atoms with van der Waals surface area (Å²) in [6.07, 6.45) is 0.450. The first-order chi connectivity index (χ1) is 16.7. The van der Waals surface area contributed by atoms with Gasteiger partial charge in [0.2, 0.25) is 0 Å². The second-order valence-electron chi connectivity index (χ2n) is 7.84. The molecule has 3 N–H and O–H groups in total. The Morgan fingerprint density at radius 2 is 1.91 bits per heavy atom. The monoisotopic (exact) mass is 571 g/mol. The molecule has 2 heterocycles. The van der Waals surface area contributed by atoms with E-state index in [0.717, 1.165) is 5.56 Å². The topological polar surface area (TPSA) is 144 Å². The second-order valence-corrected chi connectivity index (χ2v) is 10.5. The van der Waals surface area contributed by atoms with Gasteiger partial charge in [0.05, 0.1) is 25.9 Å². The fraction of sp³-hybridized carbons (Fsp3) is 0.500. The SMILES string of the molecule is CCC(C)OP(=O)(O)C(Cc1ccccc1)OCCn1c(Br)nc2c(N)nc(OCCOC)nc21. The van der Waals surface area contributed by atoms with Gasteiger partial charge in [0, 0.05) is 13.5 Å². The van der Waals surface area contributed by atoms with Gasteiger partial charge in [-0.15, -0.1) is 0 Å². The number of benzene rings is 1. The summed E-state index contributed by atoms with van der Waals surface area (Å²) >= 11 is 3.42. The fourth-order valence-electron chi connectivity index (χ4n) is 3.22. The summed E-state index contributed by atoms with van der Waals surface area (Å²) in [6, 6.07) is 9.49. The number of methoxy groups -OCH3 is 1. The molecule has 0 amide bonds. The second kappa shape index (κ2) is 12.8. The van der Waals surface area contributed by atoms with Gasteiger partial charge < -0.3 is 33.9 Å². The van der Waals surface area contributed by atoms with Crippen LogP contribution in [0.25, 0.3) is 11.2 Å². The first-order valence-electron chi connectivity index (χ1n) is 11.2. The molecule has 0 aliphatic heterocycles. The molecule has 192 valence electrons. The Balaban J connectivity index is 1.78. The van der Waals surface area contributed by atoms with Gasteiger partial charge >= 0.3 is 13.6 Å². The van der Waals surface area contributed by atoms with Crippen LogP contribution < -0.4 is 10.5 Å². The lowest BCUT2D eigenvalue weighted by Crippen LogP contribution is -2.22. The van der Waals surface area contributed by atoms with Gasteiger partial charge in [0.1, 0.15) is 6.61 Å². The summed E-state index contributed by atoms with van der Waals surface area (Å²) in [5.41, 5.74) is 7.77. The lowest BCUT2D eigenvalue weighted by Gasteiger charge is -2.25. The fourth-order valence-corrected chi connectivity index (χ4v) is 5.28. The van der Waals surface area contributed by atoms with Gasteiger partial charge in [-0.2, -0.15) is 9.97 Å². The molecule has 3 atom stereocenters. The molecule has 0 spiro atoms. The highest BCUT2D eigenvalue weighted by atomic mass is 79.9. The van der Waals surface area contributed by atoms with Crippen LogP contribution in [0.3, 0.4) is 0 Å². The van der Waals surface area contributed by atoms with Crippen molar-refractivity contribution >= 4 is 40.5 Å². The number of nitrogens with zero attached hydrogens (tertiary/aromatic N) is 4. The van der Waals surface area contributed by atoms with Crippen LogP contribution in [0.2, 0.25) is 0 Å². The van der Waals surface area contributed by atoms with E-state index in [4.69, 9.17) is 24.5 Å². The molecule has 0 saturated carbocycles. The van der Waals surface area contributed by atoms with Crippen LogP contribution in [0.4, 0.5) is 5.82 Å². The summed E-state index contributed by atoms with van der Waals surface area (Å²) in [4.78, 5) is 23.6. The van der Waals surface area contributed by atoms with Crippen LogP contribution in [0.15, 0.2) is 35.1 Å². The third kappa shape index (κ3) is 7.45. The molecule has 0 fully saturated rings. The molecule has 13 heteroatoms. The summed E-state index contributed by atoms with van der Waals surface area (Å²) in [5, 5.41) is 0. The number of anilines is 1. The first-order valence-corrected chi connectivity index (χ1v) is 13.7. The first kappa shape index (κ1) is 27.5. The largest absolute Gasteiger partial charge is 0.461 e. The average Bonchev–Trinajstić information content (AvgIpc) is 3.14. The molecular formula is C22H31BrN5O6P. The molecule has 0 aliphatic rings. The molecule has 1 aromatic carbocycles. The van der Waals surface area contributed by atoms with Crippen molar-refractivity contribution in [2.45, 2.75) is 45.2 Å². The van der Waals surface area contributed by atoms with E-state index in [1.165, 1.54) is 0 Å². The Hall–Kier alpha value is -2.08. The van der Waals surface area contributed by atoms with Crippen LogP contribution >= 0.6 is 23.5 Å². The molecule has 0 aliphatic carbocycles. The Labute approximate surface area is 212 Å². The van der Waals surface area contributed by atoms with Crippen molar-refractivity contribution in [3.63, 3.8) is 0 Å². The van der Waals surface area contributed by atoms with Crippen LogP contribution in [0.1, 0.15) is 25.8 Å². The maximum absolute atomic E-state index is 13.1. The highest BCUT2D eigenvalue weighted by Crippen LogP contribution is 2.50. The number of hydrogen-bond donors (Lipinski definition) is 2.